The fraction of sp³-hybridized carbons (Fsp3) is 0.143. The van der Waals surface area contributed by atoms with Gasteiger partial charge in [0.05, 0.1) is 5.02 Å². The average molecular weight is 289 g/mol. The number of nitrogen functional groups attached to an aromatic ring is 1. The second-order valence-electron chi connectivity index (χ2n) is 4.60. The standard InChI is InChI=1S/C14H13ClN4O/c15-11-5-6-12(18-16)17-13(11)14(20)19-7-9-3-1-2-4-10(9)8-19/h1-6H,7-8,16H2,(H,17,18). The molecule has 0 bridgehead atoms. The molecule has 1 aliphatic heterocycles. The van der Waals surface area contributed by atoms with Crippen molar-refractivity contribution in [3.8, 4) is 0 Å². The summed E-state index contributed by atoms with van der Waals surface area (Å²) < 4.78 is 0. The highest BCUT2D eigenvalue weighted by atomic mass is 35.5. The fourth-order valence-corrected chi connectivity index (χ4v) is 2.49. The van der Waals surface area contributed by atoms with Gasteiger partial charge in [-0.25, -0.2) is 10.8 Å². The van der Waals surface area contributed by atoms with E-state index in [4.69, 9.17) is 17.4 Å². The molecule has 1 aromatic heterocycles. The predicted octanol–water partition coefficient (Wildman–Crippen LogP) is 2.18. The SMILES string of the molecule is NNc1ccc(Cl)c(C(=O)N2Cc3ccccc3C2)n1. The summed E-state index contributed by atoms with van der Waals surface area (Å²) in [6, 6.07) is 11.2. The van der Waals surface area contributed by atoms with E-state index in [1.54, 1.807) is 17.0 Å². The number of nitrogens with one attached hydrogen (secondary N) is 1. The monoisotopic (exact) mass is 288 g/mol. The Hall–Kier alpha value is -2.11. The molecule has 0 saturated heterocycles. The Labute approximate surface area is 121 Å². The Morgan fingerprint density at radius 3 is 2.45 bits per heavy atom. The summed E-state index contributed by atoms with van der Waals surface area (Å²) in [6.07, 6.45) is 0. The van der Waals surface area contributed by atoms with Crippen LogP contribution in [0.25, 0.3) is 0 Å². The zero-order chi connectivity index (χ0) is 14.1. The van der Waals surface area contributed by atoms with E-state index in [1.165, 1.54) is 0 Å². The number of pyridine rings is 1. The van der Waals surface area contributed by atoms with Crippen LogP contribution in [0.2, 0.25) is 5.02 Å². The third-order valence-corrected chi connectivity index (χ3v) is 3.63. The van der Waals surface area contributed by atoms with E-state index in [0.717, 1.165) is 11.1 Å². The number of nitrogens with two attached hydrogens (primary N) is 1. The van der Waals surface area contributed by atoms with Gasteiger partial charge in [-0.2, -0.15) is 0 Å². The Bertz CT molecular complexity index is 649. The highest BCUT2D eigenvalue weighted by Gasteiger charge is 2.26. The molecule has 102 valence electrons. The lowest BCUT2D eigenvalue weighted by Gasteiger charge is -2.16. The molecule has 20 heavy (non-hydrogen) atoms. The first kappa shape index (κ1) is 12.9. The van der Waals surface area contributed by atoms with E-state index >= 15 is 0 Å². The molecule has 0 saturated carbocycles. The molecule has 1 aromatic carbocycles. The van der Waals surface area contributed by atoms with Crippen LogP contribution in [0.1, 0.15) is 21.6 Å². The maximum Gasteiger partial charge on any atom is 0.274 e. The number of fused-ring (bicyclic) bond motifs is 1. The van der Waals surface area contributed by atoms with Gasteiger partial charge < -0.3 is 10.3 Å². The molecule has 0 fully saturated rings. The topological polar surface area (TPSA) is 71.2 Å². The van der Waals surface area contributed by atoms with Crippen molar-refractivity contribution in [1.82, 2.24) is 9.88 Å². The second kappa shape index (κ2) is 5.11. The van der Waals surface area contributed by atoms with Crippen molar-refractivity contribution in [2.24, 2.45) is 5.84 Å². The molecule has 2 heterocycles. The van der Waals surface area contributed by atoms with E-state index in [1.807, 2.05) is 24.3 Å². The minimum absolute atomic E-state index is 0.191. The number of anilines is 1. The highest BCUT2D eigenvalue weighted by molar-refractivity contribution is 6.33. The number of nitrogens with zero attached hydrogens (tertiary/aromatic N) is 2. The molecule has 0 atom stereocenters. The number of hydrazine groups is 1. The third-order valence-electron chi connectivity index (χ3n) is 3.32. The number of hydrogen-bond donors (Lipinski definition) is 2. The molecule has 0 unspecified atom stereocenters. The maximum atomic E-state index is 12.5. The summed E-state index contributed by atoms with van der Waals surface area (Å²) in [5.41, 5.74) is 4.95. The van der Waals surface area contributed by atoms with Gasteiger partial charge in [0.15, 0.2) is 0 Å². The van der Waals surface area contributed by atoms with E-state index < -0.39 is 0 Å². The van der Waals surface area contributed by atoms with Crippen LogP contribution in [0.3, 0.4) is 0 Å². The number of hydrogen-bond acceptors (Lipinski definition) is 4. The molecule has 5 nitrogen and oxygen atoms in total. The normalized spacial score (nSPS) is 13.2. The van der Waals surface area contributed by atoms with Gasteiger partial charge in [-0.1, -0.05) is 35.9 Å². The van der Waals surface area contributed by atoms with Crippen LogP contribution in [0, 0.1) is 0 Å². The molecule has 3 rings (SSSR count). The fourth-order valence-electron chi connectivity index (χ4n) is 2.30. The summed E-state index contributed by atoms with van der Waals surface area (Å²) >= 11 is 6.06. The summed E-state index contributed by atoms with van der Waals surface area (Å²) in [5, 5.41) is 0.324. The first-order valence-corrected chi connectivity index (χ1v) is 6.56. The molecule has 2 aromatic rings. The van der Waals surface area contributed by atoms with Gasteiger partial charge in [0.2, 0.25) is 0 Å². The quantitative estimate of drug-likeness (QED) is 0.656. The van der Waals surface area contributed by atoms with E-state index in [0.29, 0.717) is 23.9 Å². The van der Waals surface area contributed by atoms with Crippen LogP contribution in [0.15, 0.2) is 36.4 Å². The van der Waals surface area contributed by atoms with Crippen LogP contribution in [0.5, 0.6) is 0 Å². The lowest BCUT2D eigenvalue weighted by atomic mass is 10.1. The van der Waals surface area contributed by atoms with E-state index in [2.05, 4.69) is 10.4 Å². The Morgan fingerprint density at radius 1 is 1.20 bits per heavy atom. The Balaban J connectivity index is 1.88. The van der Waals surface area contributed by atoms with Crippen molar-refractivity contribution < 1.29 is 4.79 Å². The lowest BCUT2D eigenvalue weighted by Crippen LogP contribution is -2.27. The van der Waals surface area contributed by atoms with Crippen LogP contribution >= 0.6 is 11.6 Å². The summed E-state index contributed by atoms with van der Waals surface area (Å²) in [5.74, 6) is 5.53. The number of amides is 1. The summed E-state index contributed by atoms with van der Waals surface area (Å²) in [7, 11) is 0. The average Bonchev–Trinajstić information content (AvgIpc) is 2.91. The number of benzene rings is 1. The number of carbonyl (C=O) groups excluding carboxylic acids is 1. The third kappa shape index (κ3) is 2.21. The van der Waals surface area contributed by atoms with Crippen LogP contribution in [0.4, 0.5) is 5.82 Å². The zero-order valence-electron chi connectivity index (χ0n) is 10.6. The molecule has 0 spiro atoms. The highest BCUT2D eigenvalue weighted by Crippen LogP contribution is 2.26. The Morgan fingerprint density at radius 2 is 1.85 bits per heavy atom. The lowest BCUT2D eigenvalue weighted by molar-refractivity contribution is 0.0746. The van der Waals surface area contributed by atoms with Crippen molar-refractivity contribution in [3.05, 3.63) is 58.2 Å². The molecule has 3 N–H and O–H groups in total. The molecule has 6 heteroatoms. The van der Waals surface area contributed by atoms with Gasteiger partial charge in [0.25, 0.3) is 5.91 Å². The molecule has 1 amide bonds. The van der Waals surface area contributed by atoms with E-state index in [-0.39, 0.29) is 11.6 Å². The van der Waals surface area contributed by atoms with Crippen LogP contribution < -0.4 is 11.3 Å². The largest absolute Gasteiger partial charge is 0.329 e. The molecular weight excluding hydrogens is 276 g/mol. The second-order valence-corrected chi connectivity index (χ2v) is 5.01. The van der Waals surface area contributed by atoms with Gasteiger partial charge in [0, 0.05) is 13.1 Å². The van der Waals surface area contributed by atoms with E-state index in [9.17, 15) is 4.79 Å². The Kier molecular flexibility index (Phi) is 3.30. The van der Waals surface area contributed by atoms with Gasteiger partial charge >= 0.3 is 0 Å². The summed E-state index contributed by atoms with van der Waals surface area (Å²) in [6.45, 7) is 1.15. The molecule has 1 aliphatic rings. The minimum Gasteiger partial charge on any atom is -0.329 e. The van der Waals surface area contributed by atoms with Gasteiger partial charge in [-0.05, 0) is 23.3 Å². The van der Waals surface area contributed by atoms with Gasteiger partial charge in [-0.3, -0.25) is 4.79 Å². The zero-order valence-corrected chi connectivity index (χ0v) is 11.4. The minimum atomic E-state index is -0.191. The van der Waals surface area contributed by atoms with Crippen LogP contribution in [-0.2, 0) is 13.1 Å². The van der Waals surface area contributed by atoms with Crippen molar-refractivity contribution in [3.63, 3.8) is 0 Å². The number of halogens is 1. The predicted molar refractivity (Wildman–Crippen MR) is 77.1 cm³/mol. The van der Waals surface area contributed by atoms with Crippen molar-refractivity contribution in [2.45, 2.75) is 13.1 Å². The van der Waals surface area contributed by atoms with Crippen molar-refractivity contribution in [2.75, 3.05) is 5.43 Å². The number of carbonyl (C=O) groups is 1. The molecule has 0 aliphatic carbocycles. The maximum absolute atomic E-state index is 12.5. The smallest absolute Gasteiger partial charge is 0.274 e. The molecular formula is C14H13ClN4O. The van der Waals surface area contributed by atoms with Crippen LogP contribution in [-0.4, -0.2) is 15.8 Å². The summed E-state index contributed by atoms with van der Waals surface area (Å²) in [4.78, 5) is 18.4. The first-order chi connectivity index (χ1) is 9.69. The first-order valence-electron chi connectivity index (χ1n) is 6.18. The van der Waals surface area contributed by atoms with Gasteiger partial charge in [-0.15, -0.1) is 0 Å². The number of rotatable bonds is 2. The molecule has 0 radical (unpaired) electrons. The number of aromatic nitrogens is 1. The van der Waals surface area contributed by atoms with Gasteiger partial charge in [0.1, 0.15) is 11.5 Å². The van der Waals surface area contributed by atoms with Crippen molar-refractivity contribution in [1.29, 1.82) is 0 Å². The van der Waals surface area contributed by atoms with Crippen molar-refractivity contribution >= 4 is 23.3 Å².